The lowest BCUT2D eigenvalue weighted by Gasteiger charge is -2.04. The number of rotatable bonds is 7. The van der Waals surface area contributed by atoms with E-state index in [4.69, 9.17) is 0 Å². The minimum absolute atomic E-state index is 0.174. The van der Waals surface area contributed by atoms with Crippen molar-refractivity contribution >= 4 is 11.6 Å². The van der Waals surface area contributed by atoms with E-state index in [2.05, 4.69) is 17.2 Å². The van der Waals surface area contributed by atoms with Gasteiger partial charge in [-0.05, 0) is 48.5 Å². The van der Waals surface area contributed by atoms with Crippen LogP contribution in [0.3, 0.4) is 0 Å². The van der Waals surface area contributed by atoms with Gasteiger partial charge in [-0.2, -0.15) is 0 Å². The number of benzene rings is 2. The van der Waals surface area contributed by atoms with Crippen LogP contribution in [-0.2, 0) is 16.1 Å². The van der Waals surface area contributed by atoms with Crippen molar-refractivity contribution in [3.8, 4) is 11.8 Å². The quantitative estimate of drug-likeness (QED) is 0.609. The second kappa shape index (κ2) is 10.0. The lowest BCUT2D eigenvalue weighted by atomic mass is 10.1. The molecule has 0 radical (unpaired) electrons. The van der Waals surface area contributed by atoms with Crippen LogP contribution >= 0.6 is 0 Å². The second-order valence-electron chi connectivity index (χ2n) is 6.06. The number of nitrogens with one attached hydrogen (secondary N) is 1. The third-order valence-electron chi connectivity index (χ3n) is 3.81. The topological polar surface area (TPSA) is 46.2 Å². The smallest absolute Gasteiger partial charge is 0.202 e. The molecule has 0 spiro atoms. The predicted molar refractivity (Wildman–Crippen MR) is 104 cm³/mol. The Kier molecular flexibility index (Phi) is 7.39. The Morgan fingerprint density at radius 3 is 2.15 bits per heavy atom. The van der Waals surface area contributed by atoms with Gasteiger partial charge in [-0.25, -0.2) is 0 Å². The summed E-state index contributed by atoms with van der Waals surface area (Å²) in [5, 5.41) is 3.18. The molecule has 0 heterocycles. The van der Waals surface area contributed by atoms with Gasteiger partial charge in [0.15, 0.2) is 5.78 Å². The Morgan fingerprint density at radius 2 is 1.54 bits per heavy atom. The number of hydrogen-bond acceptors (Lipinski definition) is 3. The highest BCUT2D eigenvalue weighted by atomic mass is 16.2. The first-order chi connectivity index (χ1) is 12.6. The molecule has 0 fully saturated rings. The third-order valence-corrected chi connectivity index (χ3v) is 3.81. The summed E-state index contributed by atoms with van der Waals surface area (Å²) in [5.74, 6) is 5.64. The summed E-state index contributed by atoms with van der Waals surface area (Å²) in [7, 11) is 0. The summed E-state index contributed by atoms with van der Waals surface area (Å²) in [4.78, 5) is 22.9. The fourth-order valence-corrected chi connectivity index (χ4v) is 2.31. The molecule has 0 atom stereocenters. The average molecular weight is 345 g/mol. The van der Waals surface area contributed by atoms with E-state index >= 15 is 0 Å². The number of allylic oxidation sites excluding steroid dienone is 1. The molecule has 2 aromatic carbocycles. The Bertz CT molecular complexity index is 837. The van der Waals surface area contributed by atoms with E-state index in [1.807, 2.05) is 61.5 Å². The fraction of sp³-hybridized carbons (Fsp3) is 0.217. The summed E-state index contributed by atoms with van der Waals surface area (Å²) < 4.78 is 0. The molecule has 2 rings (SSSR count). The molecule has 0 aliphatic carbocycles. The number of carbonyl (C=O) groups excluding carboxylic acids is 2. The van der Waals surface area contributed by atoms with Gasteiger partial charge in [-0.15, -0.1) is 0 Å². The van der Waals surface area contributed by atoms with E-state index in [0.717, 1.165) is 22.3 Å². The Labute approximate surface area is 155 Å². The lowest BCUT2D eigenvalue weighted by molar-refractivity contribution is -0.136. The van der Waals surface area contributed by atoms with Crippen LogP contribution in [0, 0.1) is 11.8 Å². The van der Waals surface area contributed by atoms with Crippen molar-refractivity contribution in [1.82, 2.24) is 5.32 Å². The molecule has 0 amide bonds. The van der Waals surface area contributed by atoms with E-state index < -0.39 is 0 Å². The first-order valence-corrected chi connectivity index (χ1v) is 8.69. The largest absolute Gasteiger partial charge is 0.387 e. The predicted octanol–water partition coefficient (Wildman–Crippen LogP) is 4.02. The van der Waals surface area contributed by atoms with Crippen molar-refractivity contribution in [2.45, 2.75) is 33.2 Å². The van der Waals surface area contributed by atoms with E-state index in [9.17, 15) is 9.59 Å². The summed E-state index contributed by atoms with van der Waals surface area (Å²) in [6.07, 6.45) is 2.23. The Morgan fingerprint density at radius 1 is 0.923 bits per heavy atom. The van der Waals surface area contributed by atoms with Crippen LogP contribution in [0.4, 0.5) is 0 Å². The highest BCUT2D eigenvalue weighted by Crippen LogP contribution is 2.05. The summed E-state index contributed by atoms with van der Waals surface area (Å²) in [6.45, 7) is 4.20. The molecule has 0 unspecified atom stereocenters. The summed E-state index contributed by atoms with van der Waals surface area (Å²) >= 11 is 0. The maximum Gasteiger partial charge on any atom is 0.202 e. The normalized spacial score (nSPS) is 10.6. The number of hydrogen-bond donors (Lipinski definition) is 1. The van der Waals surface area contributed by atoms with Crippen LogP contribution in [0.5, 0.6) is 0 Å². The zero-order chi connectivity index (χ0) is 18.8. The molecule has 0 saturated carbocycles. The fourth-order valence-electron chi connectivity index (χ4n) is 2.31. The summed E-state index contributed by atoms with van der Waals surface area (Å²) in [6, 6.07) is 17.9. The van der Waals surface area contributed by atoms with Gasteiger partial charge in [-0.1, -0.05) is 49.1 Å². The van der Waals surface area contributed by atoms with Crippen molar-refractivity contribution < 1.29 is 9.59 Å². The standard InChI is InChI=1S/C23H23NO2/c1-3-22(25)23(26)15-18(2)16-24-17-21-13-11-20(12-14-21)10-9-19-7-5-4-6-8-19/h4-8,11-14,16,24H,3,15,17H2,1-2H3/b18-16-. The maximum atomic E-state index is 11.6. The zero-order valence-corrected chi connectivity index (χ0v) is 15.2. The number of ketones is 2. The molecule has 0 aliphatic rings. The molecule has 26 heavy (non-hydrogen) atoms. The highest BCUT2D eigenvalue weighted by molar-refractivity contribution is 6.37. The Balaban J connectivity index is 1.86. The number of carbonyl (C=O) groups is 2. The molecule has 0 aromatic heterocycles. The van der Waals surface area contributed by atoms with Gasteiger partial charge in [-0.3, -0.25) is 9.59 Å². The molecule has 3 nitrogen and oxygen atoms in total. The maximum absolute atomic E-state index is 11.6. The highest BCUT2D eigenvalue weighted by Gasteiger charge is 2.11. The third kappa shape index (κ3) is 6.41. The van der Waals surface area contributed by atoms with Crippen LogP contribution in [0.1, 0.15) is 43.4 Å². The molecule has 0 aliphatic heterocycles. The first-order valence-electron chi connectivity index (χ1n) is 8.69. The number of Topliss-reactive ketones (excluding diaryl/α,β-unsaturated/α-hetero) is 2. The minimum Gasteiger partial charge on any atom is -0.387 e. The van der Waals surface area contributed by atoms with Gasteiger partial charge < -0.3 is 5.32 Å². The first kappa shape index (κ1) is 19.2. The van der Waals surface area contributed by atoms with Crippen molar-refractivity contribution in [1.29, 1.82) is 0 Å². The zero-order valence-electron chi connectivity index (χ0n) is 15.2. The molecule has 0 saturated heterocycles. The SMILES string of the molecule is CCC(=O)C(=O)C/C(C)=C\NCc1ccc(C#Cc2ccccc2)cc1. The van der Waals surface area contributed by atoms with Crippen LogP contribution in [0.15, 0.2) is 66.4 Å². The van der Waals surface area contributed by atoms with E-state index in [0.29, 0.717) is 6.54 Å². The molecule has 132 valence electrons. The van der Waals surface area contributed by atoms with Crippen molar-refractivity contribution in [2.75, 3.05) is 0 Å². The van der Waals surface area contributed by atoms with Crippen molar-refractivity contribution in [3.63, 3.8) is 0 Å². The van der Waals surface area contributed by atoms with Gasteiger partial charge in [0, 0.05) is 30.5 Å². The van der Waals surface area contributed by atoms with Crippen LogP contribution in [-0.4, -0.2) is 11.6 Å². The van der Waals surface area contributed by atoms with Crippen LogP contribution < -0.4 is 5.32 Å². The average Bonchev–Trinajstić information content (AvgIpc) is 2.67. The van der Waals surface area contributed by atoms with Crippen LogP contribution in [0.25, 0.3) is 0 Å². The van der Waals surface area contributed by atoms with Gasteiger partial charge in [0.2, 0.25) is 5.78 Å². The molecular weight excluding hydrogens is 322 g/mol. The van der Waals surface area contributed by atoms with Gasteiger partial charge in [0.25, 0.3) is 0 Å². The molecule has 2 aromatic rings. The van der Waals surface area contributed by atoms with Gasteiger partial charge >= 0.3 is 0 Å². The minimum atomic E-state index is -0.329. The molecule has 0 bridgehead atoms. The van der Waals surface area contributed by atoms with E-state index in [-0.39, 0.29) is 24.4 Å². The monoisotopic (exact) mass is 345 g/mol. The Hall–Kier alpha value is -3.12. The molecule has 1 N–H and O–H groups in total. The lowest BCUT2D eigenvalue weighted by Crippen LogP contribution is -2.13. The van der Waals surface area contributed by atoms with E-state index in [1.54, 1.807) is 13.1 Å². The van der Waals surface area contributed by atoms with Crippen molar-refractivity contribution in [3.05, 3.63) is 83.1 Å². The summed E-state index contributed by atoms with van der Waals surface area (Å²) in [5.41, 5.74) is 3.93. The van der Waals surface area contributed by atoms with Gasteiger partial charge in [0.1, 0.15) is 0 Å². The van der Waals surface area contributed by atoms with Crippen molar-refractivity contribution in [2.24, 2.45) is 0 Å². The second-order valence-corrected chi connectivity index (χ2v) is 6.06. The van der Waals surface area contributed by atoms with Gasteiger partial charge in [0.05, 0.1) is 0 Å². The molecule has 3 heteroatoms. The van der Waals surface area contributed by atoms with Crippen LogP contribution in [0.2, 0.25) is 0 Å². The van der Waals surface area contributed by atoms with E-state index in [1.165, 1.54) is 0 Å². The molecular formula is C23H23NO2.